The number of rotatable bonds is 5. The number of amidine groups is 1. The van der Waals surface area contributed by atoms with E-state index in [1.165, 1.54) is 17.0 Å². The van der Waals surface area contributed by atoms with Crippen molar-refractivity contribution in [3.63, 3.8) is 0 Å². The van der Waals surface area contributed by atoms with Crippen molar-refractivity contribution in [2.45, 2.75) is 19.9 Å². The fraction of sp³-hybridized carbons (Fsp3) is 0.138. The SMILES string of the molecule is COc1cc(C=C2C(=O)N(C(C)c3ccc(F)cc3)C(=N)c3ccccc32)ccc1-n1cnc(C)c1. The maximum Gasteiger partial charge on any atom is 0.260 e. The Balaban J connectivity index is 1.59. The van der Waals surface area contributed by atoms with Gasteiger partial charge >= 0.3 is 0 Å². The van der Waals surface area contributed by atoms with Crippen LogP contribution in [0.5, 0.6) is 5.75 Å². The zero-order valence-electron chi connectivity index (χ0n) is 20.2. The van der Waals surface area contributed by atoms with Crippen molar-refractivity contribution in [2.24, 2.45) is 0 Å². The summed E-state index contributed by atoms with van der Waals surface area (Å²) in [5, 5.41) is 8.81. The number of amides is 1. The van der Waals surface area contributed by atoms with E-state index in [2.05, 4.69) is 4.98 Å². The standard InChI is InChI=1S/C29H25FN4O2/c1-18-16-33(17-32-18)26-13-8-20(15-27(26)36-3)14-25-23-6-4-5-7-24(23)28(31)34(29(25)35)19(2)21-9-11-22(30)12-10-21/h4-17,19,31H,1-3H3. The van der Waals surface area contributed by atoms with E-state index in [9.17, 15) is 9.18 Å². The first-order valence-corrected chi connectivity index (χ1v) is 11.6. The Morgan fingerprint density at radius 1 is 1.06 bits per heavy atom. The molecule has 1 N–H and O–H groups in total. The van der Waals surface area contributed by atoms with Gasteiger partial charge in [0.1, 0.15) is 17.4 Å². The molecule has 1 aliphatic rings. The van der Waals surface area contributed by atoms with Crippen molar-refractivity contribution in [1.82, 2.24) is 14.5 Å². The highest BCUT2D eigenvalue weighted by Crippen LogP contribution is 2.36. The number of carbonyl (C=O) groups is 1. The molecule has 180 valence electrons. The molecule has 0 fully saturated rings. The molecule has 7 heteroatoms. The number of methoxy groups -OCH3 is 1. The molecule has 4 aromatic rings. The molecule has 1 atom stereocenters. The number of hydrogen-bond acceptors (Lipinski definition) is 4. The molecular weight excluding hydrogens is 455 g/mol. The predicted octanol–water partition coefficient (Wildman–Crippen LogP) is 5.80. The topological polar surface area (TPSA) is 71.2 Å². The largest absolute Gasteiger partial charge is 0.495 e. The Labute approximate surface area is 208 Å². The van der Waals surface area contributed by atoms with E-state index >= 15 is 0 Å². The number of benzene rings is 3. The van der Waals surface area contributed by atoms with Crippen LogP contribution in [0.1, 0.15) is 40.9 Å². The van der Waals surface area contributed by atoms with Crippen LogP contribution in [0.25, 0.3) is 17.3 Å². The predicted molar refractivity (Wildman–Crippen MR) is 138 cm³/mol. The summed E-state index contributed by atoms with van der Waals surface area (Å²) in [5.74, 6) is 0.125. The normalized spacial score (nSPS) is 15.2. The Kier molecular flexibility index (Phi) is 5.98. The van der Waals surface area contributed by atoms with Gasteiger partial charge in [-0.2, -0.15) is 0 Å². The molecule has 0 aliphatic carbocycles. The second-order valence-corrected chi connectivity index (χ2v) is 8.71. The number of aromatic nitrogens is 2. The lowest BCUT2D eigenvalue weighted by molar-refractivity contribution is -0.123. The number of carbonyl (C=O) groups excluding carboxylic acids is 1. The molecule has 2 heterocycles. The summed E-state index contributed by atoms with van der Waals surface area (Å²) in [5.41, 5.74) is 5.10. The van der Waals surface area contributed by atoms with Crippen LogP contribution in [-0.2, 0) is 4.79 Å². The van der Waals surface area contributed by atoms with E-state index in [0.29, 0.717) is 22.4 Å². The van der Waals surface area contributed by atoms with Crippen molar-refractivity contribution in [3.05, 3.63) is 113 Å². The molecule has 5 rings (SSSR count). The van der Waals surface area contributed by atoms with Crippen LogP contribution < -0.4 is 4.74 Å². The fourth-order valence-electron chi connectivity index (χ4n) is 4.52. The quantitative estimate of drug-likeness (QED) is 0.367. The van der Waals surface area contributed by atoms with Crippen LogP contribution in [0, 0.1) is 18.2 Å². The zero-order valence-corrected chi connectivity index (χ0v) is 20.2. The number of imidazole rings is 1. The summed E-state index contributed by atoms with van der Waals surface area (Å²) in [4.78, 5) is 19.6. The highest BCUT2D eigenvalue weighted by atomic mass is 19.1. The first-order chi connectivity index (χ1) is 17.4. The second kappa shape index (κ2) is 9.26. The molecule has 0 saturated carbocycles. The van der Waals surface area contributed by atoms with Gasteiger partial charge in [0.2, 0.25) is 0 Å². The minimum Gasteiger partial charge on any atom is -0.495 e. The summed E-state index contributed by atoms with van der Waals surface area (Å²) in [6.45, 7) is 3.76. The molecule has 0 radical (unpaired) electrons. The van der Waals surface area contributed by atoms with Gasteiger partial charge in [-0.25, -0.2) is 9.37 Å². The molecule has 1 unspecified atom stereocenters. The summed E-state index contributed by atoms with van der Waals surface area (Å²) in [7, 11) is 1.61. The maximum absolute atomic E-state index is 13.8. The van der Waals surface area contributed by atoms with E-state index in [-0.39, 0.29) is 17.6 Å². The van der Waals surface area contributed by atoms with Gasteiger partial charge in [0.05, 0.1) is 30.9 Å². The number of ether oxygens (including phenoxy) is 1. The summed E-state index contributed by atoms with van der Waals surface area (Å²) >= 11 is 0. The molecule has 3 aromatic carbocycles. The third-order valence-electron chi connectivity index (χ3n) is 6.41. The number of halogens is 1. The van der Waals surface area contributed by atoms with Gasteiger partial charge in [0.25, 0.3) is 5.91 Å². The maximum atomic E-state index is 13.8. The Morgan fingerprint density at radius 3 is 2.44 bits per heavy atom. The average Bonchev–Trinajstić information content (AvgIpc) is 3.32. The highest BCUT2D eigenvalue weighted by Gasteiger charge is 2.35. The lowest BCUT2D eigenvalue weighted by Gasteiger charge is -2.35. The highest BCUT2D eigenvalue weighted by molar-refractivity contribution is 6.34. The summed E-state index contributed by atoms with van der Waals surface area (Å²) in [6.07, 6.45) is 5.47. The minimum atomic E-state index is -0.455. The molecule has 0 spiro atoms. The van der Waals surface area contributed by atoms with Gasteiger partial charge in [-0.3, -0.25) is 15.1 Å². The molecule has 0 bridgehead atoms. The third kappa shape index (κ3) is 4.09. The molecular formula is C29H25FN4O2. The number of aryl methyl sites for hydroxylation is 1. The molecule has 6 nitrogen and oxygen atoms in total. The Morgan fingerprint density at radius 2 is 1.78 bits per heavy atom. The van der Waals surface area contributed by atoms with Gasteiger partial charge in [-0.05, 0) is 60.9 Å². The van der Waals surface area contributed by atoms with Gasteiger partial charge in [0.15, 0.2) is 0 Å². The van der Waals surface area contributed by atoms with E-state index in [4.69, 9.17) is 10.1 Å². The van der Waals surface area contributed by atoms with Crippen molar-refractivity contribution < 1.29 is 13.9 Å². The van der Waals surface area contributed by atoms with Gasteiger partial charge < -0.3 is 9.30 Å². The average molecular weight is 481 g/mol. The van der Waals surface area contributed by atoms with Crippen LogP contribution >= 0.6 is 0 Å². The first-order valence-electron chi connectivity index (χ1n) is 11.6. The molecule has 36 heavy (non-hydrogen) atoms. The Hall–Kier alpha value is -4.52. The number of nitrogens with zero attached hydrogens (tertiary/aromatic N) is 3. The van der Waals surface area contributed by atoms with E-state index in [0.717, 1.165) is 22.5 Å². The van der Waals surface area contributed by atoms with E-state index in [1.807, 2.05) is 73.2 Å². The number of fused-ring (bicyclic) bond motifs is 1. The van der Waals surface area contributed by atoms with Crippen LogP contribution in [0.3, 0.4) is 0 Å². The van der Waals surface area contributed by atoms with Crippen LogP contribution in [-0.4, -0.2) is 33.3 Å². The molecule has 0 saturated heterocycles. The summed E-state index contributed by atoms with van der Waals surface area (Å²) < 4.78 is 21.0. The van der Waals surface area contributed by atoms with Crippen molar-refractivity contribution >= 4 is 23.4 Å². The zero-order chi connectivity index (χ0) is 25.4. The molecule has 1 amide bonds. The number of nitrogens with one attached hydrogen (secondary N) is 1. The van der Waals surface area contributed by atoms with E-state index < -0.39 is 6.04 Å². The fourth-order valence-corrected chi connectivity index (χ4v) is 4.52. The Bertz CT molecular complexity index is 1500. The lowest BCUT2D eigenvalue weighted by atomic mass is 9.90. The van der Waals surface area contributed by atoms with Crippen LogP contribution in [0.2, 0.25) is 0 Å². The molecule has 1 aliphatic heterocycles. The second-order valence-electron chi connectivity index (χ2n) is 8.71. The minimum absolute atomic E-state index is 0.119. The lowest BCUT2D eigenvalue weighted by Crippen LogP contribution is -2.43. The number of hydrogen-bond donors (Lipinski definition) is 1. The van der Waals surface area contributed by atoms with Gasteiger partial charge in [-0.1, -0.05) is 42.5 Å². The van der Waals surface area contributed by atoms with Crippen molar-refractivity contribution in [1.29, 1.82) is 5.41 Å². The monoisotopic (exact) mass is 480 g/mol. The third-order valence-corrected chi connectivity index (χ3v) is 6.41. The molecule has 1 aromatic heterocycles. The van der Waals surface area contributed by atoms with Crippen LogP contribution in [0.15, 0.2) is 79.3 Å². The first kappa shape index (κ1) is 23.2. The smallest absolute Gasteiger partial charge is 0.260 e. The van der Waals surface area contributed by atoms with Crippen molar-refractivity contribution in [3.8, 4) is 11.4 Å². The van der Waals surface area contributed by atoms with Crippen molar-refractivity contribution in [2.75, 3.05) is 7.11 Å². The van der Waals surface area contributed by atoms with Crippen LogP contribution in [0.4, 0.5) is 4.39 Å². The van der Waals surface area contributed by atoms with Gasteiger partial charge in [-0.15, -0.1) is 0 Å². The van der Waals surface area contributed by atoms with E-state index in [1.54, 1.807) is 25.6 Å². The summed E-state index contributed by atoms with van der Waals surface area (Å²) in [6, 6.07) is 18.7. The van der Waals surface area contributed by atoms with Gasteiger partial charge in [0, 0.05) is 17.3 Å².